The van der Waals surface area contributed by atoms with Gasteiger partial charge in [0.25, 0.3) is 0 Å². The largest absolute Gasteiger partial charge is 0.355 e. The van der Waals surface area contributed by atoms with Crippen LogP contribution >= 0.6 is 0 Å². The Morgan fingerprint density at radius 1 is 1.35 bits per heavy atom. The van der Waals surface area contributed by atoms with Crippen LogP contribution in [-0.2, 0) is 10.3 Å². The second kappa shape index (κ2) is 5.60. The van der Waals surface area contributed by atoms with Crippen molar-refractivity contribution in [1.29, 1.82) is 0 Å². The molecule has 2 aromatic rings. The van der Waals surface area contributed by atoms with Gasteiger partial charge in [0.05, 0.1) is 11.4 Å². The Morgan fingerprint density at radius 3 is 2.96 bits per heavy atom. The highest BCUT2D eigenvalue weighted by Gasteiger charge is 2.52. The van der Waals surface area contributed by atoms with Crippen molar-refractivity contribution in [1.82, 2.24) is 14.5 Å². The normalized spacial score (nSPS) is 29.0. The average Bonchev–Trinajstić information content (AvgIpc) is 3.05. The molecule has 0 bridgehead atoms. The highest BCUT2D eigenvalue weighted by Crippen LogP contribution is 2.48. The van der Waals surface area contributed by atoms with Gasteiger partial charge in [0.1, 0.15) is 5.54 Å². The number of carbonyl (C=O) groups excluding carboxylic acids is 1. The van der Waals surface area contributed by atoms with Crippen molar-refractivity contribution in [3.05, 3.63) is 42.4 Å². The average molecular weight is 350 g/mol. The third-order valence-electron chi connectivity index (χ3n) is 6.46. The second-order valence-electron chi connectivity index (χ2n) is 8.12. The quantitative estimate of drug-likeness (QED) is 0.854. The van der Waals surface area contributed by atoms with Crippen LogP contribution < -0.4 is 4.90 Å². The smallest absolute Gasteiger partial charge is 0.226 e. The first kappa shape index (κ1) is 15.9. The van der Waals surface area contributed by atoms with Crippen LogP contribution in [0.25, 0.3) is 5.82 Å². The van der Waals surface area contributed by atoms with Crippen LogP contribution in [0.2, 0.25) is 0 Å². The van der Waals surface area contributed by atoms with Gasteiger partial charge in [-0.3, -0.25) is 4.79 Å². The summed E-state index contributed by atoms with van der Waals surface area (Å²) < 4.78 is 2.23. The van der Waals surface area contributed by atoms with Crippen LogP contribution in [0.3, 0.4) is 0 Å². The summed E-state index contributed by atoms with van der Waals surface area (Å²) >= 11 is 0. The minimum absolute atomic E-state index is 0.136. The summed E-state index contributed by atoms with van der Waals surface area (Å²) in [5, 5.41) is 0. The zero-order valence-corrected chi connectivity index (χ0v) is 15.6. The lowest BCUT2D eigenvalue weighted by Crippen LogP contribution is -2.53. The Morgan fingerprint density at radius 2 is 2.19 bits per heavy atom. The molecule has 0 aromatic carbocycles. The lowest BCUT2D eigenvalue weighted by atomic mass is 9.88. The van der Waals surface area contributed by atoms with E-state index in [-0.39, 0.29) is 11.5 Å². The van der Waals surface area contributed by atoms with Crippen molar-refractivity contribution >= 4 is 11.6 Å². The lowest BCUT2D eigenvalue weighted by Gasteiger charge is -2.47. The molecule has 3 atom stereocenters. The van der Waals surface area contributed by atoms with Gasteiger partial charge in [0.2, 0.25) is 5.91 Å². The van der Waals surface area contributed by atoms with Gasteiger partial charge in [-0.25, -0.2) is 4.98 Å². The number of hydrogen-bond acceptors (Lipinski definition) is 3. The third-order valence-corrected chi connectivity index (χ3v) is 6.46. The summed E-state index contributed by atoms with van der Waals surface area (Å²) in [6, 6.07) is 8.52. The topological polar surface area (TPSA) is 41.4 Å². The van der Waals surface area contributed by atoms with E-state index in [0.717, 1.165) is 44.7 Å². The molecule has 4 heterocycles. The second-order valence-corrected chi connectivity index (χ2v) is 8.12. The molecule has 1 amide bonds. The first-order valence-electron chi connectivity index (χ1n) is 9.85. The van der Waals surface area contributed by atoms with Crippen molar-refractivity contribution in [2.45, 2.75) is 38.6 Å². The minimum Gasteiger partial charge on any atom is -0.355 e. The number of fused-ring (bicyclic) bond motifs is 4. The molecule has 136 valence electrons. The van der Waals surface area contributed by atoms with Gasteiger partial charge >= 0.3 is 0 Å². The van der Waals surface area contributed by atoms with Gasteiger partial charge in [0.15, 0.2) is 5.82 Å². The van der Waals surface area contributed by atoms with E-state index < -0.39 is 0 Å². The molecule has 0 N–H and O–H groups in total. The van der Waals surface area contributed by atoms with E-state index in [0.29, 0.717) is 11.8 Å². The van der Waals surface area contributed by atoms with Crippen LogP contribution in [0.5, 0.6) is 0 Å². The minimum atomic E-state index is -0.136. The van der Waals surface area contributed by atoms with Gasteiger partial charge in [-0.2, -0.15) is 0 Å². The monoisotopic (exact) mass is 350 g/mol. The first-order valence-corrected chi connectivity index (χ1v) is 9.85. The molecule has 3 aliphatic rings. The van der Waals surface area contributed by atoms with Crippen molar-refractivity contribution in [3.8, 4) is 5.82 Å². The van der Waals surface area contributed by atoms with Gasteiger partial charge in [-0.15, -0.1) is 0 Å². The van der Waals surface area contributed by atoms with E-state index in [1.165, 1.54) is 11.4 Å². The highest BCUT2D eigenvalue weighted by molar-refractivity contribution is 5.82. The van der Waals surface area contributed by atoms with Gasteiger partial charge in [-0.1, -0.05) is 13.8 Å². The number of nitrogens with zero attached hydrogens (tertiary/aromatic N) is 4. The van der Waals surface area contributed by atoms with E-state index in [1.54, 1.807) is 0 Å². The Hall–Kier alpha value is -2.30. The molecule has 5 heteroatoms. The molecule has 5 rings (SSSR count). The predicted octanol–water partition coefficient (Wildman–Crippen LogP) is 3.19. The number of hydrogen-bond donors (Lipinski definition) is 0. The van der Waals surface area contributed by atoms with Gasteiger partial charge in [-0.05, 0) is 49.4 Å². The van der Waals surface area contributed by atoms with Crippen LogP contribution in [-0.4, -0.2) is 40.0 Å². The molecule has 2 aromatic heterocycles. The molecule has 3 unspecified atom stereocenters. The van der Waals surface area contributed by atoms with E-state index in [4.69, 9.17) is 0 Å². The number of pyridine rings is 1. The van der Waals surface area contributed by atoms with Crippen molar-refractivity contribution in [2.75, 3.05) is 24.5 Å². The standard InChI is InChI=1S/C21H26N4O/c1-3-10-25-17-6-4-9-22-19(17)24-11-5-7-18(24)21(25)8-12-23(14-21)20(26)16-13-15(16)2/h4-7,9,11,15-16H,3,8,10,12-14H2,1-2H3. The van der Waals surface area contributed by atoms with E-state index in [9.17, 15) is 4.79 Å². The Kier molecular flexibility index (Phi) is 3.43. The fraction of sp³-hybridized carbons (Fsp3) is 0.524. The van der Waals surface area contributed by atoms with E-state index in [2.05, 4.69) is 57.6 Å². The van der Waals surface area contributed by atoms with Crippen LogP contribution in [0, 0.1) is 11.8 Å². The maximum Gasteiger partial charge on any atom is 0.226 e. The van der Waals surface area contributed by atoms with E-state index >= 15 is 0 Å². The molecule has 1 aliphatic carbocycles. The van der Waals surface area contributed by atoms with Crippen molar-refractivity contribution in [2.24, 2.45) is 11.8 Å². The summed E-state index contributed by atoms with van der Waals surface area (Å²) in [7, 11) is 0. The summed E-state index contributed by atoms with van der Waals surface area (Å²) in [6.45, 7) is 7.02. The number of amides is 1. The van der Waals surface area contributed by atoms with Crippen LogP contribution in [0.1, 0.15) is 38.8 Å². The van der Waals surface area contributed by atoms with Crippen molar-refractivity contribution < 1.29 is 4.79 Å². The number of aromatic nitrogens is 2. The number of anilines is 1. The van der Waals surface area contributed by atoms with Crippen molar-refractivity contribution in [3.63, 3.8) is 0 Å². The zero-order chi connectivity index (χ0) is 17.9. The fourth-order valence-electron chi connectivity index (χ4n) is 4.97. The van der Waals surface area contributed by atoms with Gasteiger partial charge in [0, 0.05) is 37.9 Å². The predicted molar refractivity (Wildman–Crippen MR) is 101 cm³/mol. The summed E-state index contributed by atoms with van der Waals surface area (Å²) in [6.07, 6.45) is 7.09. The molecular formula is C21H26N4O. The summed E-state index contributed by atoms with van der Waals surface area (Å²) in [5.74, 6) is 2.19. The molecule has 2 fully saturated rings. The molecule has 26 heavy (non-hydrogen) atoms. The molecule has 1 spiro atoms. The molecular weight excluding hydrogens is 324 g/mol. The van der Waals surface area contributed by atoms with Gasteiger partial charge < -0.3 is 14.4 Å². The number of carbonyl (C=O) groups is 1. The highest BCUT2D eigenvalue weighted by atomic mass is 16.2. The maximum atomic E-state index is 12.9. The Bertz CT molecular complexity index is 859. The maximum absolute atomic E-state index is 12.9. The first-order chi connectivity index (χ1) is 12.7. The SMILES string of the molecule is CCCN1c2cccnc2-n2cccc2C12CCN(C(=O)C1CC1C)C2. The van der Waals surface area contributed by atoms with Crippen LogP contribution in [0.15, 0.2) is 36.7 Å². The van der Waals surface area contributed by atoms with Crippen LogP contribution in [0.4, 0.5) is 5.69 Å². The molecule has 0 radical (unpaired) electrons. The lowest BCUT2D eigenvalue weighted by molar-refractivity contribution is -0.132. The third kappa shape index (κ3) is 2.09. The fourth-order valence-corrected chi connectivity index (χ4v) is 4.97. The molecule has 1 saturated heterocycles. The molecule has 5 nitrogen and oxygen atoms in total. The number of likely N-dealkylation sites (tertiary alicyclic amines) is 1. The Balaban J connectivity index is 1.58. The number of rotatable bonds is 3. The summed E-state index contributed by atoms with van der Waals surface area (Å²) in [5.41, 5.74) is 2.33. The molecule has 2 aliphatic heterocycles. The summed E-state index contributed by atoms with van der Waals surface area (Å²) in [4.78, 5) is 22.2. The Labute approximate surface area is 154 Å². The van der Waals surface area contributed by atoms with E-state index in [1.807, 2.05) is 12.3 Å². The molecule has 1 saturated carbocycles. The zero-order valence-electron chi connectivity index (χ0n) is 15.6.